The molecule has 0 aliphatic carbocycles. The van der Waals surface area contributed by atoms with Crippen molar-refractivity contribution in [3.05, 3.63) is 54.1 Å². The number of fused-ring (bicyclic) bond motifs is 1. The molecule has 0 saturated carbocycles. The highest BCUT2D eigenvalue weighted by atomic mass is 16.5. The van der Waals surface area contributed by atoms with Crippen LogP contribution in [0.3, 0.4) is 0 Å². The molecule has 0 fully saturated rings. The van der Waals surface area contributed by atoms with Gasteiger partial charge in [0.15, 0.2) is 11.5 Å². The van der Waals surface area contributed by atoms with Gasteiger partial charge in [0, 0.05) is 11.1 Å². The van der Waals surface area contributed by atoms with Crippen molar-refractivity contribution in [1.82, 2.24) is 0 Å². The zero-order chi connectivity index (χ0) is 18.0. The number of methoxy groups -OCH3 is 3. The normalized spacial score (nSPS) is 10.5. The maximum absolute atomic E-state index is 11.4. The summed E-state index contributed by atoms with van der Waals surface area (Å²) < 4.78 is 16.4. The summed E-state index contributed by atoms with van der Waals surface area (Å²) in [6, 6.07) is 15.0. The number of amides is 1. The maximum atomic E-state index is 11.4. The highest BCUT2D eigenvalue weighted by molar-refractivity contribution is 6.03. The van der Waals surface area contributed by atoms with Crippen LogP contribution in [-0.4, -0.2) is 27.2 Å². The van der Waals surface area contributed by atoms with Crippen molar-refractivity contribution >= 4 is 16.7 Å². The fraction of sp³-hybridized carbons (Fsp3) is 0.150. The monoisotopic (exact) mass is 337 g/mol. The van der Waals surface area contributed by atoms with Gasteiger partial charge in [-0.25, -0.2) is 0 Å². The molecular formula is C20H19NO4. The first-order valence-corrected chi connectivity index (χ1v) is 7.72. The number of benzene rings is 3. The lowest BCUT2D eigenvalue weighted by molar-refractivity contribution is 0.100. The van der Waals surface area contributed by atoms with Crippen LogP contribution >= 0.6 is 0 Å². The Morgan fingerprint density at radius 1 is 0.840 bits per heavy atom. The van der Waals surface area contributed by atoms with Gasteiger partial charge in [-0.1, -0.05) is 24.3 Å². The van der Waals surface area contributed by atoms with Gasteiger partial charge in [0.25, 0.3) is 0 Å². The van der Waals surface area contributed by atoms with E-state index in [0.717, 1.165) is 21.9 Å². The number of hydrogen-bond donors (Lipinski definition) is 1. The van der Waals surface area contributed by atoms with E-state index in [4.69, 9.17) is 19.9 Å². The van der Waals surface area contributed by atoms with Crippen molar-refractivity contribution < 1.29 is 19.0 Å². The van der Waals surface area contributed by atoms with E-state index in [1.165, 1.54) is 0 Å². The average molecular weight is 337 g/mol. The van der Waals surface area contributed by atoms with Gasteiger partial charge in [0.05, 0.1) is 21.3 Å². The first-order chi connectivity index (χ1) is 12.1. The molecule has 1 amide bonds. The number of nitrogens with two attached hydrogens (primary N) is 1. The van der Waals surface area contributed by atoms with Gasteiger partial charge < -0.3 is 19.9 Å². The third-order valence-electron chi connectivity index (χ3n) is 4.16. The van der Waals surface area contributed by atoms with Crippen LogP contribution in [0.5, 0.6) is 17.2 Å². The quantitative estimate of drug-likeness (QED) is 0.772. The minimum atomic E-state index is -0.448. The Kier molecular flexibility index (Phi) is 4.48. The number of carbonyl (C=O) groups excluding carboxylic acids is 1. The lowest BCUT2D eigenvalue weighted by Crippen LogP contribution is -2.10. The Bertz CT molecular complexity index is 950. The van der Waals surface area contributed by atoms with Crippen LogP contribution in [0.15, 0.2) is 48.5 Å². The Hall–Kier alpha value is -3.21. The van der Waals surface area contributed by atoms with Crippen molar-refractivity contribution in [3.63, 3.8) is 0 Å². The van der Waals surface area contributed by atoms with Gasteiger partial charge in [-0.3, -0.25) is 4.79 Å². The standard InChI is InChI=1S/C20H19NO4/c1-23-17-10-9-16(18(24-2)19(17)25-3)15-6-4-5-12-11-13(20(21)22)7-8-14(12)15/h4-11H,1-3H3,(H2,21,22). The summed E-state index contributed by atoms with van der Waals surface area (Å²) in [5, 5.41) is 1.91. The molecule has 3 aromatic rings. The topological polar surface area (TPSA) is 70.8 Å². The Morgan fingerprint density at radius 3 is 2.24 bits per heavy atom. The highest BCUT2D eigenvalue weighted by Gasteiger charge is 2.18. The molecule has 128 valence electrons. The number of ether oxygens (including phenoxy) is 3. The van der Waals surface area contributed by atoms with Crippen molar-refractivity contribution in [1.29, 1.82) is 0 Å². The molecule has 2 N–H and O–H groups in total. The SMILES string of the molecule is COc1ccc(-c2cccc3cc(C(N)=O)ccc23)c(OC)c1OC. The second-order valence-electron chi connectivity index (χ2n) is 5.49. The van der Waals surface area contributed by atoms with Crippen molar-refractivity contribution in [2.75, 3.05) is 21.3 Å². The zero-order valence-electron chi connectivity index (χ0n) is 14.3. The second-order valence-corrected chi connectivity index (χ2v) is 5.49. The summed E-state index contributed by atoms with van der Waals surface area (Å²) in [6.45, 7) is 0. The van der Waals surface area contributed by atoms with Crippen LogP contribution in [0, 0.1) is 0 Å². The second kappa shape index (κ2) is 6.73. The van der Waals surface area contributed by atoms with Gasteiger partial charge in [-0.05, 0) is 40.6 Å². The molecule has 0 bridgehead atoms. The third kappa shape index (κ3) is 2.85. The third-order valence-corrected chi connectivity index (χ3v) is 4.16. The van der Waals surface area contributed by atoms with Gasteiger partial charge in [-0.2, -0.15) is 0 Å². The molecule has 3 rings (SSSR count). The van der Waals surface area contributed by atoms with Crippen LogP contribution in [0.1, 0.15) is 10.4 Å². The Labute approximate surface area is 145 Å². The van der Waals surface area contributed by atoms with E-state index < -0.39 is 5.91 Å². The predicted octanol–water partition coefficient (Wildman–Crippen LogP) is 3.63. The summed E-state index contributed by atoms with van der Waals surface area (Å²) in [5.41, 5.74) is 7.69. The first-order valence-electron chi connectivity index (χ1n) is 7.72. The summed E-state index contributed by atoms with van der Waals surface area (Å²) in [7, 11) is 4.75. The zero-order valence-corrected chi connectivity index (χ0v) is 14.3. The summed E-state index contributed by atoms with van der Waals surface area (Å²) in [6.07, 6.45) is 0. The fourth-order valence-corrected chi connectivity index (χ4v) is 2.99. The lowest BCUT2D eigenvalue weighted by Gasteiger charge is -2.17. The number of hydrogen-bond acceptors (Lipinski definition) is 4. The lowest BCUT2D eigenvalue weighted by atomic mass is 9.96. The molecular weight excluding hydrogens is 318 g/mol. The van der Waals surface area contributed by atoms with Gasteiger partial charge in [0.1, 0.15) is 0 Å². The predicted molar refractivity (Wildman–Crippen MR) is 97.6 cm³/mol. The maximum Gasteiger partial charge on any atom is 0.248 e. The van der Waals surface area contributed by atoms with Crippen LogP contribution in [0.4, 0.5) is 0 Å². The molecule has 0 aromatic heterocycles. The molecule has 0 aliphatic heterocycles. The number of rotatable bonds is 5. The Balaban J connectivity index is 2.28. The molecule has 5 heteroatoms. The molecule has 0 saturated heterocycles. The smallest absolute Gasteiger partial charge is 0.248 e. The van der Waals surface area contributed by atoms with Crippen LogP contribution < -0.4 is 19.9 Å². The van der Waals surface area contributed by atoms with Gasteiger partial charge in [0.2, 0.25) is 11.7 Å². The first kappa shape index (κ1) is 16.6. The van der Waals surface area contributed by atoms with E-state index in [1.54, 1.807) is 33.5 Å². The number of carbonyl (C=O) groups is 1. The average Bonchev–Trinajstić information content (AvgIpc) is 2.65. The van der Waals surface area contributed by atoms with E-state index >= 15 is 0 Å². The minimum absolute atomic E-state index is 0.448. The molecule has 0 heterocycles. The minimum Gasteiger partial charge on any atom is -0.493 e. The van der Waals surface area contributed by atoms with E-state index in [0.29, 0.717) is 22.8 Å². The Morgan fingerprint density at radius 2 is 1.60 bits per heavy atom. The van der Waals surface area contributed by atoms with E-state index in [-0.39, 0.29) is 0 Å². The molecule has 0 radical (unpaired) electrons. The molecule has 0 aliphatic rings. The van der Waals surface area contributed by atoms with Crippen molar-refractivity contribution in [2.24, 2.45) is 5.73 Å². The van der Waals surface area contributed by atoms with Gasteiger partial charge in [-0.15, -0.1) is 0 Å². The fourth-order valence-electron chi connectivity index (χ4n) is 2.99. The van der Waals surface area contributed by atoms with Gasteiger partial charge >= 0.3 is 0 Å². The summed E-state index contributed by atoms with van der Waals surface area (Å²) in [4.78, 5) is 11.4. The molecule has 25 heavy (non-hydrogen) atoms. The highest BCUT2D eigenvalue weighted by Crippen LogP contribution is 2.45. The van der Waals surface area contributed by atoms with Crippen molar-refractivity contribution in [3.8, 4) is 28.4 Å². The van der Waals surface area contributed by atoms with Crippen LogP contribution in [0.25, 0.3) is 21.9 Å². The van der Waals surface area contributed by atoms with E-state index in [1.807, 2.05) is 36.4 Å². The van der Waals surface area contributed by atoms with Crippen LogP contribution in [-0.2, 0) is 0 Å². The van der Waals surface area contributed by atoms with Crippen LogP contribution in [0.2, 0.25) is 0 Å². The summed E-state index contributed by atoms with van der Waals surface area (Å²) in [5.74, 6) is 1.27. The molecule has 5 nitrogen and oxygen atoms in total. The van der Waals surface area contributed by atoms with E-state index in [9.17, 15) is 4.79 Å². The van der Waals surface area contributed by atoms with E-state index in [2.05, 4.69) is 0 Å². The van der Waals surface area contributed by atoms with Crippen molar-refractivity contribution in [2.45, 2.75) is 0 Å². The largest absolute Gasteiger partial charge is 0.493 e. The molecule has 0 spiro atoms. The summed E-state index contributed by atoms with van der Waals surface area (Å²) >= 11 is 0. The molecule has 3 aromatic carbocycles. The molecule has 0 unspecified atom stereocenters. The number of primary amides is 1. The molecule has 0 atom stereocenters.